The number of carbonyl (C=O) groups is 3. The zero-order chi connectivity index (χ0) is 25.1. The number of aromatic nitrogens is 3. The van der Waals surface area contributed by atoms with E-state index in [1.54, 1.807) is 36.9 Å². The van der Waals surface area contributed by atoms with E-state index in [1.165, 1.54) is 23.3 Å². The van der Waals surface area contributed by atoms with Gasteiger partial charge in [0.15, 0.2) is 12.3 Å². The van der Waals surface area contributed by atoms with E-state index in [0.29, 0.717) is 28.1 Å². The van der Waals surface area contributed by atoms with Gasteiger partial charge in [0.2, 0.25) is 5.91 Å². The van der Waals surface area contributed by atoms with E-state index >= 15 is 0 Å². The van der Waals surface area contributed by atoms with Crippen LogP contribution in [0.15, 0.2) is 47.8 Å². The van der Waals surface area contributed by atoms with E-state index in [0.717, 1.165) is 10.4 Å². The minimum Gasteiger partial charge on any atom is -0.452 e. The summed E-state index contributed by atoms with van der Waals surface area (Å²) in [6.45, 7) is 3.07. The van der Waals surface area contributed by atoms with Crippen molar-refractivity contribution in [1.82, 2.24) is 19.7 Å². The first kappa shape index (κ1) is 24.1. The molecule has 1 aromatic carbocycles. The average Bonchev–Trinajstić information content (AvgIpc) is 3.46. The summed E-state index contributed by atoms with van der Waals surface area (Å²) < 4.78 is 6.96. The van der Waals surface area contributed by atoms with Crippen LogP contribution in [-0.4, -0.2) is 57.6 Å². The molecule has 9 nitrogen and oxygen atoms in total. The van der Waals surface area contributed by atoms with Crippen LogP contribution in [0.5, 0.6) is 0 Å². The van der Waals surface area contributed by atoms with Crippen LogP contribution in [0.2, 0.25) is 0 Å². The molecule has 180 valence electrons. The normalized spacial score (nSPS) is 10.9. The lowest BCUT2D eigenvalue weighted by Gasteiger charge is -2.17. The Kier molecular flexibility index (Phi) is 6.92. The second-order valence-electron chi connectivity index (χ2n) is 8.18. The lowest BCUT2D eigenvalue weighted by atomic mass is 10.1. The Morgan fingerprint density at radius 2 is 1.89 bits per heavy atom. The topological polar surface area (TPSA) is 106 Å². The summed E-state index contributed by atoms with van der Waals surface area (Å²) in [5, 5.41) is 9.63. The fourth-order valence-electron chi connectivity index (χ4n) is 3.61. The molecular weight excluding hydrogens is 466 g/mol. The highest BCUT2D eigenvalue weighted by Crippen LogP contribution is 2.29. The van der Waals surface area contributed by atoms with Gasteiger partial charge in [-0.05, 0) is 43.5 Å². The number of benzene rings is 1. The maximum Gasteiger partial charge on any atom is 0.339 e. The highest BCUT2D eigenvalue weighted by molar-refractivity contribution is 7.13. The molecule has 3 aromatic heterocycles. The number of hydrogen-bond donors (Lipinski definition) is 1. The highest BCUT2D eigenvalue weighted by atomic mass is 32.1. The number of esters is 1. The van der Waals surface area contributed by atoms with E-state index in [4.69, 9.17) is 4.74 Å². The molecule has 35 heavy (non-hydrogen) atoms. The number of aryl methyl sites for hydroxylation is 3. The number of amides is 2. The van der Waals surface area contributed by atoms with Gasteiger partial charge >= 0.3 is 5.97 Å². The monoisotopic (exact) mass is 491 g/mol. The molecule has 0 bridgehead atoms. The molecule has 4 rings (SSSR count). The van der Waals surface area contributed by atoms with Crippen LogP contribution in [0.4, 0.5) is 5.69 Å². The van der Waals surface area contributed by atoms with Crippen molar-refractivity contribution < 1.29 is 19.1 Å². The third-order valence-corrected chi connectivity index (χ3v) is 6.32. The van der Waals surface area contributed by atoms with Crippen molar-refractivity contribution in [3.63, 3.8) is 0 Å². The number of hydrogen-bond acceptors (Lipinski definition) is 7. The third kappa shape index (κ3) is 5.38. The Hall–Kier alpha value is -4.05. The molecule has 0 unspecified atom stereocenters. The standard InChI is InChI=1S/C25H25N5O4S/c1-15-7-9-17(10-8-15)26-21(31)13-29(3)22(32)14-34-25(33)18-12-19(20-6-5-11-35-20)27-24-23(18)16(2)28-30(24)4/h5-12H,13-14H2,1-4H3,(H,26,31). The molecule has 10 heteroatoms. The summed E-state index contributed by atoms with van der Waals surface area (Å²) in [6, 6.07) is 12.8. The Morgan fingerprint density at radius 1 is 1.14 bits per heavy atom. The SMILES string of the molecule is Cc1ccc(NC(=O)CN(C)C(=O)COC(=O)c2cc(-c3cccs3)nc3c2c(C)nn3C)cc1. The van der Waals surface area contributed by atoms with Crippen molar-refractivity contribution in [2.24, 2.45) is 7.05 Å². The van der Waals surface area contributed by atoms with Crippen LogP contribution >= 0.6 is 11.3 Å². The zero-order valence-corrected chi connectivity index (χ0v) is 20.7. The van der Waals surface area contributed by atoms with Gasteiger partial charge in [-0.15, -0.1) is 11.3 Å². The lowest BCUT2D eigenvalue weighted by molar-refractivity contribution is -0.136. The average molecular weight is 492 g/mol. The Morgan fingerprint density at radius 3 is 2.57 bits per heavy atom. The number of fused-ring (bicyclic) bond motifs is 1. The number of likely N-dealkylation sites (N-methyl/N-ethyl adjacent to an activating group) is 1. The molecule has 1 N–H and O–H groups in total. The maximum absolute atomic E-state index is 13.0. The van der Waals surface area contributed by atoms with Gasteiger partial charge in [0, 0.05) is 19.8 Å². The van der Waals surface area contributed by atoms with Gasteiger partial charge in [0.1, 0.15) is 0 Å². The van der Waals surface area contributed by atoms with Gasteiger partial charge in [-0.1, -0.05) is 23.8 Å². The number of carbonyl (C=O) groups excluding carboxylic acids is 3. The number of ether oxygens (including phenoxy) is 1. The highest BCUT2D eigenvalue weighted by Gasteiger charge is 2.22. The fourth-order valence-corrected chi connectivity index (χ4v) is 4.30. The van der Waals surface area contributed by atoms with Crippen molar-refractivity contribution in [1.29, 1.82) is 0 Å². The second kappa shape index (κ2) is 10.1. The second-order valence-corrected chi connectivity index (χ2v) is 9.13. The summed E-state index contributed by atoms with van der Waals surface area (Å²) in [7, 11) is 3.24. The Labute approximate surface area is 206 Å². The molecule has 3 heterocycles. The van der Waals surface area contributed by atoms with Crippen LogP contribution in [0.25, 0.3) is 21.6 Å². The van der Waals surface area contributed by atoms with Gasteiger partial charge in [-0.3, -0.25) is 14.3 Å². The van der Waals surface area contributed by atoms with Gasteiger partial charge in [0.05, 0.1) is 33.8 Å². The summed E-state index contributed by atoms with van der Waals surface area (Å²) in [5.74, 6) is -1.50. The number of pyridine rings is 1. The minimum absolute atomic E-state index is 0.173. The van der Waals surface area contributed by atoms with Crippen LogP contribution in [0, 0.1) is 13.8 Å². The van der Waals surface area contributed by atoms with Gasteiger partial charge in [0.25, 0.3) is 5.91 Å². The van der Waals surface area contributed by atoms with Crippen molar-refractivity contribution in [3.05, 3.63) is 64.7 Å². The number of thiophene rings is 1. The molecule has 0 spiro atoms. The molecule has 4 aromatic rings. The van der Waals surface area contributed by atoms with E-state index in [-0.39, 0.29) is 18.0 Å². The summed E-state index contributed by atoms with van der Waals surface area (Å²) in [4.78, 5) is 44.6. The summed E-state index contributed by atoms with van der Waals surface area (Å²) in [6.07, 6.45) is 0. The van der Waals surface area contributed by atoms with Crippen LogP contribution < -0.4 is 5.32 Å². The largest absolute Gasteiger partial charge is 0.452 e. The molecule has 0 fully saturated rings. The van der Waals surface area contributed by atoms with E-state index in [2.05, 4.69) is 15.4 Å². The number of nitrogens with one attached hydrogen (secondary N) is 1. The van der Waals surface area contributed by atoms with Crippen molar-refractivity contribution in [3.8, 4) is 10.6 Å². The van der Waals surface area contributed by atoms with Crippen molar-refractivity contribution in [2.75, 3.05) is 25.5 Å². The molecule has 2 amide bonds. The van der Waals surface area contributed by atoms with Crippen LogP contribution in [0.1, 0.15) is 21.6 Å². The quantitative estimate of drug-likeness (QED) is 0.396. The Balaban J connectivity index is 1.44. The van der Waals surface area contributed by atoms with E-state index < -0.39 is 18.5 Å². The van der Waals surface area contributed by atoms with Gasteiger partial charge in [-0.25, -0.2) is 9.78 Å². The molecule has 0 radical (unpaired) electrons. The lowest BCUT2D eigenvalue weighted by Crippen LogP contribution is -2.37. The third-order valence-electron chi connectivity index (χ3n) is 5.43. The first-order chi connectivity index (χ1) is 16.7. The molecule has 0 aliphatic heterocycles. The molecule has 0 aliphatic rings. The first-order valence-corrected chi connectivity index (χ1v) is 11.8. The zero-order valence-electron chi connectivity index (χ0n) is 19.9. The van der Waals surface area contributed by atoms with Crippen molar-refractivity contribution in [2.45, 2.75) is 13.8 Å². The van der Waals surface area contributed by atoms with E-state index in [1.807, 2.05) is 36.6 Å². The number of rotatable bonds is 7. The summed E-state index contributed by atoms with van der Waals surface area (Å²) >= 11 is 1.50. The predicted octanol–water partition coefficient (Wildman–Crippen LogP) is 3.57. The number of anilines is 1. The first-order valence-electron chi connectivity index (χ1n) is 10.9. The van der Waals surface area contributed by atoms with Crippen molar-refractivity contribution >= 4 is 45.8 Å². The smallest absolute Gasteiger partial charge is 0.339 e. The van der Waals surface area contributed by atoms with Crippen LogP contribution in [0.3, 0.4) is 0 Å². The summed E-state index contributed by atoms with van der Waals surface area (Å²) in [5.41, 5.74) is 3.82. The maximum atomic E-state index is 13.0. The van der Waals surface area contributed by atoms with Crippen LogP contribution in [-0.2, 0) is 21.4 Å². The minimum atomic E-state index is -0.655. The molecule has 0 aliphatic carbocycles. The Bertz CT molecular complexity index is 1390. The molecule has 0 saturated carbocycles. The number of nitrogens with zero attached hydrogens (tertiary/aromatic N) is 4. The molecular formula is C25H25N5O4S. The molecule has 0 atom stereocenters. The fraction of sp³-hybridized carbons (Fsp3) is 0.240. The predicted molar refractivity (Wildman–Crippen MR) is 134 cm³/mol. The van der Waals surface area contributed by atoms with E-state index in [9.17, 15) is 14.4 Å². The van der Waals surface area contributed by atoms with Gasteiger partial charge < -0.3 is 15.0 Å². The molecule has 0 saturated heterocycles. The van der Waals surface area contributed by atoms with Gasteiger partial charge in [-0.2, -0.15) is 5.10 Å².